The highest BCUT2D eigenvalue weighted by Crippen LogP contribution is 2.11. The summed E-state index contributed by atoms with van der Waals surface area (Å²) in [5.41, 5.74) is 1.47. The topological polar surface area (TPSA) is 6.48 Å². The summed E-state index contributed by atoms with van der Waals surface area (Å²) in [7, 11) is 2.22. The van der Waals surface area contributed by atoms with Crippen LogP contribution in [-0.4, -0.2) is 43.0 Å². The van der Waals surface area contributed by atoms with E-state index >= 15 is 0 Å². The van der Waals surface area contributed by atoms with Crippen LogP contribution in [0.25, 0.3) is 0 Å². The van der Waals surface area contributed by atoms with Crippen LogP contribution >= 0.6 is 11.3 Å². The predicted octanol–water partition coefficient (Wildman–Crippen LogP) is 1.89. The van der Waals surface area contributed by atoms with Gasteiger partial charge >= 0.3 is 0 Å². The first-order valence-electron chi connectivity index (χ1n) is 5.26. The Bertz CT molecular complexity index is 258. The van der Waals surface area contributed by atoms with Crippen molar-refractivity contribution < 1.29 is 0 Å². The molecule has 0 N–H and O–H groups in total. The summed E-state index contributed by atoms with van der Waals surface area (Å²) in [6.45, 7) is 6.06. The fraction of sp³-hybridized carbons (Fsp3) is 0.636. The second-order valence-corrected chi connectivity index (χ2v) is 4.84. The first-order valence-corrected chi connectivity index (χ1v) is 6.21. The van der Waals surface area contributed by atoms with Crippen LogP contribution in [0.3, 0.4) is 0 Å². The minimum absolute atomic E-state index is 1.14. The van der Waals surface area contributed by atoms with Crippen LogP contribution in [0, 0.1) is 0 Å². The Kier molecular flexibility index (Phi) is 3.56. The van der Waals surface area contributed by atoms with Crippen molar-refractivity contribution in [3.8, 4) is 0 Å². The van der Waals surface area contributed by atoms with E-state index in [9.17, 15) is 0 Å². The average molecular weight is 210 g/mol. The van der Waals surface area contributed by atoms with Crippen molar-refractivity contribution in [3.63, 3.8) is 0 Å². The quantitative estimate of drug-likeness (QED) is 0.735. The van der Waals surface area contributed by atoms with Gasteiger partial charge in [-0.3, -0.25) is 4.90 Å². The van der Waals surface area contributed by atoms with Crippen LogP contribution < -0.4 is 0 Å². The molecule has 0 saturated carbocycles. The van der Waals surface area contributed by atoms with Crippen molar-refractivity contribution in [2.24, 2.45) is 0 Å². The van der Waals surface area contributed by atoms with Crippen molar-refractivity contribution in [2.75, 3.05) is 33.2 Å². The highest BCUT2D eigenvalue weighted by molar-refractivity contribution is 7.07. The molecule has 1 aromatic heterocycles. The Hall–Kier alpha value is -0.380. The summed E-state index contributed by atoms with van der Waals surface area (Å²) in [5, 5.41) is 4.42. The molecule has 1 saturated heterocycles. The number of thiophene rings is 1. The molecule has 78 valence electrons. The zero-order valence-electron chi connectivity index (χ0n) is 8.78. The summed E-state index contributed by atoms with van der Waals surface area (Å²) >= 11 is 1.80. The molecule has 1 aliphatic rings. The molecule has 2 nitrogen and oxygen atoms in total. The van der Waals surface area contributed by atoms with Gasteiger partial charge in [-0.05, 0) is 48.9 Å². The van der Waals surface area contributed by atoms with Gasteiger partial charge in [-0.1, -0.05) is 0 Å². The van der Waals surface area contributed by atoms with Crippen molar-refractivity contribution >= 4 is 11.3 Å². The van der Waals surface area contributed by atoms with E-state index in [-0.39, 0.29) is 0 Å². The van der Waals surface area contributed by atoms with E-state index in [1.165, 1.54) is 38.2 Å². The first-order chi connectivity index (χ1) is 6.84. The van der Waals surface area contributed by atoms with Crippen LogP contribution in [0.5, 0.6) is 0 Å². The van der Waals surface area contributed by atoms with Crippen molar-refractivity contribution in [1.29, 1.82) is 0 Å². The van der Waals surface area contributed by atoms with Gasteiger partial charge < -0.3 is 4.90 Å². The number of hydrogen-bond donors (Lipinski definition) is 0. The Balaban J connectivity index is 1.86. The van der Waals surface area contributed by atoms with Crippen LogP contribution in [0.1, 0.15) is 12.0 Å². The molecular formula is C11H18N2S. The molecule has 2 heterocycles. The van der Waals surface area contributed by atoms with Gasteiger partial charge in [0.25, 0.3) is 0 Å². The number of nitrogens with zero attached hydrogens (tertiary/aromatic N) is 2. The molecule has 0 atom stereocenters. The maximum atomic E-state index is 2.56. The van der Waals surface area contributed by atoms with Gasteiger partial charge in [-0.15, -0.1) is 0 Å². The van der Waals surface area contributed by atoms with Crippen molar-refractivity contribution in [1.82, 2.24) is 9.80 Å². The predicted molar refractivity (Wildman–Crippen MR) is 61.7 cm³/mol. The molecule has 0 radical (unpaired) electrons. The number of hydrogen-bond acceptors (Lipinski definition) is 3. The van der Waals surface area contributed by atoms with Gasteiger partial charge in [0, 0.05) is 19.6 Å². The number of rotatable bonds is 2. The monoisotopic (exact) mass is 210 g/mol. The standard InChI is InChI=1S/C11H18N2S/c1-12-4-2-5-13(7-6-12)9-11-3-8-14-10-11/h3,8,10H,2,4-7,9H2,1H3. The molecule has 0 bridgehead atoms. The fourth-order valence-electron chi connectivity index (χ4n) is 1.90. The molecule has 0 spiro atoms. The Labute approximate surface area is 90.1 Å². The van der Waals surface area contributed by atoms with E-state index in [0.29, 0.717) is 0 Å². The lowest BCUT2D eigenvalue weighted by molar-refractivity contribution is 0.269. The van der Waals surface area contributed by atoms with Crippen molar-refractivity contribution in [3.05, 3.63) is 22.4 Å². The van der Waals surface area contributed by atoms with E-state index in [2.05, 4.69) is 33.7 Å². The van der Waals surface area contributed by atoms with E-state index in [0.717, 1.165) is 6.54 Å². The fourth-order valence-corrected chi connectivity index (χ4v) is 2.56. The van der Waals surface area contributed by atoms with E-state index < -0.39 is 0 Å². The largest absolute Gasteiger partial charge is 0.305 e. The summed E-state index contributed by atoms with van der Waals surface area (Å²) < 4.78 is 0. The smallest absolute Gasteiger partial charge is 0.0242 e. The molecule has 3 heteroatoms. The normalized spacial score (nSPS) is 20.9. The van der Waals surface area contributed by atoms with Crippen LogP contribution in [0.15, 0.2) is 16.8 Å². The zero-order chi connectivity index (χ0) is 9.80. The summed E-state index contributed by atoms with van der Waals surface area (Å²) in [6, 6.07) is 2.24. The van der Waals surface area contributed by atoms with Crippen LogP contribution in [-0.2, 0) is 6.54 Å². The summed E-state index contributed by atoms with van der Waals surface area (Å²) in [4.78, 5) is 4.99. The molecule has 2 rings (SSSR count). The van der Waals surface area contributed by atoms with Crippen LogP contribution in [0.2, 0.25) is 0 Å². The Morgan fingerprint density at radius 3 is 3.00 bits per heavy atom. The van der Waals surface area contributed by atoms with Gasteiger partial charge in [0.1, 0.15) is 0 Å². The van der Waals surface area contributed by atoms with Crippen LogP contribution in [0.4, 0.5) is 0 Å². The molecule has 1 aromatic rings. The van der Waals surface area contributed by atoms with Gasteiger partial charge in [0.05, 0.1) is 0 Å². The summed E-state index contributed by atoms with van der Waals surface area (Å²) in [5.74, 6) is 0. The molecular weight excluding hydrogens is 192 g/mol. The first kappa shape index (κ1) is 10.1. The Morgan fingerprint density at radius 1 is 1.29 bits per heavy atom. The molecule has 0 unspecified atom stereocenters. The molecule has 0 aromatic carbocycles. The van der Waals surface area contributed by atoms with E-state index in [1.807, 2.05) is 0 Å². The molecule has 1 aliphatic heterocycles. The van der Waals surface area contributed by atoms with Crippen molar-refractivity contribution in [2.45, 2.75) is 13.0 Å². The lowest BCUT2D eigenvalue weighted by Gasteiger charge is -2.19. The molecule has 0 amide bonds. The van der Waals surface area contributed by atoms with Gasteiger partial charge in [0.2, 0.25) is 0 Å². The minimum Gasteiger partial charge on any atom is -0.305 e. The SMILES string of the molecule is CN1CCCN(Cc2ccsc2)CC1. The minimum atomic E-state index is 1.14. The molecule has 1 fully saturated rings. The lowest BCUT2D eigenvalue weighted by Crippen LogP contribution is -2.28. The van der Waals surface area contributed by atoms with E-state index in [4.69, 9.17) is 0 Å². The third-order valence-corrected chi connectivity index (χ3v) is 3.53. The maximum Gasteiger partial charge on any atom is 0.0242 e. The summed E-state index contributed by atoms with van der Waals surface area (Å²) in [6.07, 6.45) is 1.31. The number of likely N-dealkylation sites (N-methyl/N-ethyl adjacent to an activating group) is 1. The molecule has 0 aliphatic carbocycles. The second kappa shape index (κ2) is 4.91. The van der Waals surface area contributed by atoms with Gasteiger partial charge in [0.15, 0.2) is 0 Å². The van der Waals surface area contributed by atoms with Gasteiger partial charge in [-0.2, -0.15) is 11.3 Å². The third kappa shape index (κ3) is 2.80. The zero-order valence-corrected chi connectivity index (χ0v) is 9.59. The Morgan fingerprint density at radius 2 is 2.21 bits per heavy atom. The van der Waals surface area contributed by atoms with E-state index in [1.54, 1.807) is 11.3 Å². The third-order valence-electron chi connectivity index (χ3n) is 2.80. The van der Waals surface area contributed by atoms with Gasteiger partial charge in [-0.25, -0.2) is 0 Å². The average Bonchev–Trinajstić information content (AvgIpc) is 2.58. The lowest BCUT2D eigenvalue weighted by atomic mass is 10.3. The highest BCUT2D eigenvalue weighted by Gasteiger charge is 2.11. The highest BCUT2D eigenvalue weighted by atomic mass is 32.1. The second-order valence-electron chi connectivity index (χ2n) is 4.06. The molecule has 14 heavy (non-hydrogen) atoms. The maximum absolute atomic E-state index is 2.56.